The molecule has 0 spiro atoms. The standard InChI is InChI=1S/C23H33BN6O7/c31-21(25-20-12-16-2-1-3-17(23(32)33)22(16)37-24(20)34)15-30-19(14-29-6-10-36-11-7-29)18(26-27-30)13-28-4-8-35-9-5-28/h1-3,20,26-27,34H,4-15H2,(H,25,31)(H,32,33)/t20-/m0/s1. The molecule has 37 heavy (non-hydrogen) atoms. The summed E-state index contributed by atoms with van der Waals surface area (Å²) >= 11 is 0. The Labute approximate surface area is 215 Å². The second-order valence-corrected chi connectivity index (χ2v) is 9.51. The fourth-order valence-electron chi connectivity index (χ4n) is 4.95. The van der Waals surface area contributed by atoms with Gasteiger partial charge in [0.15, 0.2) is 0 Å². The maximum absolute atomic E-state index is 13.1. The van der Waals surface area contributed by atoms with Crippen molar-refractivity contribution in [2.75, 3.05) is 72.2 Å². The van der Waals surface area contributed by atoms with E-state index < -0.39 is 19.0 Å². The highest BCUT2D eigenvalue weighted by Gasteiger charge is 2.38. The predicted octanol–water partition coefficient (Wildman–Crippen LogP) is -1.97. The summed E-state index contributed by atoms with van der Waals surface area (Å²) in [5.74, 6) is -2.00. The van der Waals surface area contributed by atoms with Crippen LogP contribution in [-0.4, -0.2) is 122 Å². The highest BCUT2D eigenvalue weighted by Crippen LogP contribution is 2.30. The third-order valence-electron chi connectivity index (χ3n) is 6.98. The Morgan fingerprint density at radius 1 is 1.05 bits per heavy atom. The minimum Gasteiger partial charge on any atom is -0.534 e. The summed E-state index contributed by atoms with van der Waals surface area (Å²) in [5.41, 5.74) is 8.98. The lowest BCUT2D eigenvalue weighted by atomic mass is 9.72. The molecule has 1 aromatic carbocycles. The summed E-state index contributed by atoms with van der Waals surface area (Å²) in [6.07, 6.45) is 0.258. The molecule has 200 valence electrons. The average molecular weight is 516 g/mol. The molecule has 1 amide bonds. The van der Waals surface area contributed by atoms with E-state index in [9.17, 15) is 19.7 Å². The first kappa shape index (κ1) is 25.8. The van der Waals surface area contributed by atoms with Crippen LogP contribution in [0.5, 0.6) is 5.75 Å². The molecule has 0 bridgehead atoms. The molecule has 2 fully saturated rings. The lowest BCUT2D eigenvalue weighted by Crippen LogP contribution is -2.56. The molecule has 4 aliphatic heterocycles. The van der Waals surface area contributed by atoms with Crippen LogP contribution in [0.25, 0.3) is 0 Å². The van der Waals surface area contributed by atoms with Gasteiger partial charge in [0, 0.05) is 39.3 Å². The van der Waals surface area contributed by atoms with Gasteiger partial charge in [-0.1, -0.05) is 12.1 Å². The number of hydrogen-bond acceptors (Lipinski definition) is 11. The fraction of sp³-hybridized carbons (Fsp3) is 0.565. The van der Waals surface area contributed by atoms with E-state index in [1.165, 1.54) is 6.07 Å². The lowest BCUT2D eigenvalue weighted by Gasteiger charge is -2.31. The Bertz CT molecular complexity index is 1030. The van der Waals surface area contributed by atoms with Gasteiger partial charge in [0.25, 0.3) is 0 Å². The Morgan fingerprint density at radius 3 is 2.41 bits per heavy atom. The number of carbonyl (C=O) groups excluding carboxylic acids is 1. The second-order valence-electron chi connectivity index (χ2n) is 9.51. The van der Waals surface area contributed by atoms with Crippen molar-refractivity contribution in [1.82, 2.24) is 31.1 Å². The second kappa shape index (κ2) is 11.7. The van der Waals surface area contributed by atoms with Crippen LogP contribution in [0.3, 0.4) is 0 Å². The number of hydrazine groups is 2. The summed E-state index contributed by atoms with van der Waals surface area (Å²) in [7, 11) is -1.36. The molecule has 0 aromatic heterocycles. The summed E-state index contributed by atoms with van der Waals surface area (Å²) in [5, 5.41) is 24.6. The Kier molecular flexibility index (Phi) is 8.12. The van der Waals surface area contributed by atoms with Crippen LogP contribution >= 0.6 is 0 Å². The van der Waals surface area contributed by atoms with Gasteiger partial charge < -0.3 is 35.0 Å². The summed E-state index contributed by atoms with van der Waals surface area (Å²) in [4.78, 5) is 29.2. The third-order valence-corrected chi connectivity index (χ3v) is 6.98. The number of fused-ring (bicyclic) bond motifs is 1. The van der Waals surface area contributed by atoms with Crippen LogP contribution in [0, 0.1) is 0 Å². The van der Waals surface area contributed by atoms with E-state index in [1.54, 1.807) is 17.1 Å². The number of nitrogens with one attached hydrogen (secondary N) is 3. The molecule has 1 atom stereocenters. The van der Waals surface area contributed by atoms with E-state index in [4.69, 9.17) is 14.1 Å². The van der Waals surface area contributed by atoms with Crippen LogP contribution in [0.4, 0.5) is 0 Å². The van der Waals surface area contributed by atoms with Crippen molar-refractivity contribution in [3.05, 3.63) is 40.7 Å². The van der Waals surface area contributed by atoms with Crippen molar-refractivity contribution in [2.45, 2.75) is 12.4 Å². The number of carbonyl (C=O) groups is 2. The molecule has 5 N–H and O–H groups in total. The number of aromatic carboxylic acids is 1. The SMILES string of the molecule is O=C(CN1NNC(CN2CCOCC2)=C1CN1CCOCC1)N[C@H]1Cc2cccc(C(=O)O)c2OB1O. The topological polar surface area (TPSA) is 148 Å². The smallest absolute Gasteiger partial charge is 0.534 e. The molecular formula is C23H33BN6O7. The van der Waals surface area contributed by atoms with Crippen molar-refractivity contribution in [2.24, 2.45) is 0 Å². The van der Waals surface area contributed by atoms with Crippen molar-refractivity contribution >= 4 is 19.0 Å². The van der Waals surface area contributed by atoms with Gasteiger partial charge in [0.2, 0.25) is 5.91 Å². The number of carboxylic acid groups (broad SMARTS) is 1. The lowest BCUT2D eigenvalue weighted by molar-refractivity contribution is -0.122. The summed E-state index contributed by atoms with van der Waals surface area (Å²) < 4.78 is 16.5. The molecule has 0 unspecified atom stereocenters. The van der Waals surface area contributed by atoms with E-state index in [-0.39, 0.29) is 30.2 Å². The highest BCUT2D eigenvalue weighted by atomic mass is 16.5. The average Bonchev–Trinajstić information content (AvgIpc) is 3.25. The highest BCUT2D eigenvalue weighted by molar-refractivity contribution is 6.47. The molecule has 5 rings (SSSR count). The molecule has 2 saturated heterocycles. The number of nitrogens with zero attached hydrogens (tertiary/aromatic N) is 3. The maximum Gasteiger partial charge on any atom is 0.547 e. The molecule has 0 saturated carbocycles. The van der Waals surface area contributed by atoms with E-state index in [1.807, 2.05) is 0 Å². The Balaban J connectivity index is 1.25. The molecule has 0 radical (unpaired) electrons. The number of rotatable bonds is 8. The molecule has 14 heteroatoms. The number of amides is 1. The zero-order valence-electron chi connectivity index (χ0n) is 20.6. The van der Waals surface area contributed by atoms with Gasteiger partial charge in [-0.25, -0.2) is 4.79 Å². The summed E-state index contributed by atoms with van der Waals surface area (Å²) in [6.45, 7) is 7.49. The largest absolute Gasteiger partial charge is 0.547 e. The van der Waals surface area contributed by atoms with E-state index in [0.717, 1.165) is 37.6 Å². The van der Waals surface area contributed by atoms with Gasteiger partial charge in [-0.15, -0.1) is 5.53 Å². The minimum atomic E-state index is -1.36. The van der Waals surface area contributed by atoms with Crippen LogP contribution in [0.2, 0.25) is 0 Å². The number of para-hydroxylation sites is 1. The first-order valence-electron chi connectivity index (χ1n) is 12.6. The van der Waals surface area contributed by atoms with E-state index in [0.29, 0.717) is 45.1 Å². The quantitative estimate of drug-likeness (QED) is 0.244. The van der Waals surface area contributed by atoms with Crippen LogP contribution in [-0.2, 0) is 20.7 Å². The van der Waals surface area contributed by atoms with Crippen molar-refractivity contribution in [3.8, 4) is 5.75 Å². The molecule has 13 nitrogen and oxygen atoms in total. The van der Waals surface area contributed by atoms with Crippen molar-refractivity contribution < 1.29 is 33.8 Å². The van der Waals surface area contributed by atoms with Gasteiger partial charge in [-0.3, -0.25) is 19.6 Å². The molecule has 1 aromatic rings. The first-order valence-corrected chi connectivity index (χ1v) is 12.6. The molecule has 0 aliphatic carbocycles. The zero-order chi connectivity index (χ0) is 25.8. The maximum atomic E-state index is 13.1. The first-order chi connectivity index (χ1) is 18.0. The van der Waals surface area contributed by atoms with E-state index >= 15 is 0 Å². The number of ether oxygens (including phenoxy) is 2. The number of hydrogen-bond donors (Lipinski definition) is 5. The van der Waals surface area contributed by atoms with Crippen LogP contribution < -0.4 is 20.9 Å². The fourth-order valence-corrected chi connectivity index (χ4v) is 4.95. The van der Waals surface area contributed by atoms with Crippen LogP contribution in [0.15, 0.2) is 29.6 Å². The third kappa shape index (κ3) is 6.17. The predicted molar refractivity (Wildman–Crippen MR) is 132 cm³/mol. The van der Waals surface area contributed by atoms with Crippen molar-refractivity contribution in [1.29, 1.82) is 0 Å². The zero-order valence-corrected chi connectivity index (χ0v) is 20.6. The van der Waals surface area contributed by atoms with Gasteiger partial charge in [-0.05, 0) is 18.1 Å². The monoisotopic (exact) mass is 516 g/mol. The van der Waals surface area contributed by atoms with Crippen LogP contribution in [0.1, 0.15) is 15.9 Å². The van der Waals surface area contributed by atoms with E-state index in [2.05, 4.69) is 26.1 Å². The molecule has 4 aliphatic rings. The number of benzene rings is 1. The van der Waals surface area contributed by atoms with Gasteiger partial charge in [0.1, 0.15) is 12.3 Å². The Hall–Kier alpha value is -2.88. The summed E-state index contributed by atoms with van der Waals surface area (Å²) in [6, 6.07) is 4.79. The number of carboxylic acids is 1. The number of morpholine rings is 2. The van der Waals surface area contributed by atoms with Crippen molar-refractivity contribution in [3.63, 3.8) is 0 Å². The Morgan fingerprint density at radius 2 is 1.73 bits per heavy atom. The van der Waals surface area contributed by atoms with Gasteiger partial charge >= 0.3 is 13.1 Å². The molecule has 4 heterocycles. The normalized spacial score (nSPS) is 22.9. The minimum absolute atomic E-state index is 0.0145. The van der Waals surface area contributed by atoms with Gasteiger partial charge in [0.05, 0.1) is 49.3 Å². The molecular weight excluding hydrogens is 483 g/mol. The van der Waals surface area contributed by atoms with Gasteiger partial charge in [-0.2, -0.15) is 0 Å².